The number of carbonyl (C=O) groups is 1. The molecule has 1 fully saturated rings. The van der Waals surface area contributed by atoms with Crippen LogP contribution >= 0.6 is 0 Å². The van der Waals surface area contributed by atoms with Gasteiger partial charge in [0.2, 0.25) is 5.88 Å². The molecule has 1 amide bonds. The van der Waals surface area contributed by atoms with Crippen LogP contribution in [0.3, 0.4) is 0 Å². The van der Waals surface area contributed by atoms with Gasteiger partial charge >= 0.3 is 0 Å². The summed E-state index contributed by atoms with van der Waals surface area (Å²) in [4.78, 5) is 22.9. The molecule has 0 radical (unpaired) electrons. The Labute approximate surface area is 166 Å². The van der Waals surface area contributed by atoms with Gasteiger partial charge in [0.15, 0.2) is 6.61 Å². The molecule has 6 heteroatoms. The molecule has 0 N–H and O–H groups in total. The summed E-state index contributed by atoms with van der Waals surface area (Å²) in [5, 5.41) is 0. The summed E-state index contributed by atoms with van der Waals surface area (Å²) in [5.41, 5.74) is 2.16. The lowest BCUT2D eigenvalue weighted by Crippen LogP contribution is -2.43. The van der Waals surface area contributed by atoms with Crippen LogP contribution in [0, 0.1) is 13.8 Å². The zero-order chi connectivity index (χ0) is 20.1. The predicted octanol–water partition coefficient (Wildman–Crippen LogP) is 3.67. The third-order valence-corrected chi connectivity index (χ3v) is 4.93. The molecule has 0 saturated carbocycles. The van der Waals surface area contributed by atoms with Crippen molar-refractivity contribution in [3.05, 3.63) is 47.4 Å². The van der Waals surface area contributed by atoms with Crippen molar-refractivity contribution in [2.75, 3.05) is 19.7 Å². The van der Waals surface area contributed by atoms with E-state index in [1.165, 1.54) is 5.56 Å². The van der Waals surface area contributed by atoms with E-state index in [-0.39, 0.29) is 18.6 Å². The first-order valence-electron chi connectivity index (χ1n) is 9.90. The van der Waals surface area contributed by atoms with E-state index < -0.39 is 0 Å². The molecule has 1 saturated heterocycles. The standard InChI is InChI=1S/C22H29N3O3/c1-15(2)18-5-7-19(8-6-18)27-14-22(26)25-11-9-20(10-12-25)28-21-13-16(3)23-17(4)24-21/h5-8,13,15,20H,9-12,14H2,1-4H3. The molecule has 0 bridgehead atoms. The van der Waals surface area contributed by atoms with E-state index in [0.29, 0.717) is 30.7 Å². The zero-order valence-corrected chi connectivity index (χ0v) is 17.1. The van der Waals surface area contributed by atoms with Crippen molar-refractivity contribution in [3.63, 3.8) is 0 Å². The molecule has 0 aliphatic carbocycles. The van der Waals surface area contributed by atoms with Gasteiger partial charge in [-0.3, -0.25) is 4.79 Å². The van der Waals surface area contributed by atoms with Gasteiger partial charge in [-0.25, -0.2) is 4.98 Å². The van der Waals surface area contributed by atoms with Gasteiger partial charge in [0.25, 0.3) is 5.91 Å². The lowest BCUT2D eigenvalue weighted by molar-refractivity contribution is -0.135. The summed E-state index contributed by atoms with van der Waals surface area (Å²) in [6.07, 6.45) is 1.65. The first-order valence-corrected chi connectivity index (χ1v) is 9.90. The van der Waals surface area contributed by atoms with Crippen LogP contribution in [-0.2, 0) is 4.79 Å². The van der Waals surface area contributed by atoms with Crippen LogP contribution < -0.4 is 9.47 Å². The van der Waals surface area contributed by atoms with Gasteiger partial charge in [0.05, 0.1) is 0 Å². The number of likely N-dealkylation sites (tertiary alicyclic amines) is 1. The molecule has 1 aliphatic rings. The van der Waals surface area contributed by atoms with Crippen LogP contribution in [0.5, 0.6) is 11.6 Å². The fraction of sp³-hybridized carbons (Fsp3) is 0.500. The fourth-order valence-corrected chi connectivity index (χ4v) is 3.32. The summed E-state index contributed by atoms with van der Waals surface area (Å²) >= 11 is 0. The highest BCUT2D eigenvalue weighted by atomic mass is 16.5. The van der Waals surface area contributed by atoms with E-state index in [1.807, 2.05) is 49.1 Å². The van der Waals surface area contributed by atoms with Crippen molar-refractivity contribution < 1.29 is 14.3 Å². The number of aromatic nitrogens is 2. The first-order chi connectivity index (χ1) is 13.4. The third kappa shape index (κ3) is 5.44. The second-order valence-electron chi connectivity index (χ2n) is 7.61. The molecular formula is C22H29N3O3. The highest BCUT2D eigenvalue weighted by Crippen LogP contribution is 2.20. The average molecular weight is 383 g/mol. The fourth-order valence-electron chi connectivity index (χ4n) is 3.32. The van der Waals surface area contributed by atoms with Crippen molar-refractivity contribution in [1.82, 2.24) is 14.9 Å². The summed E-state index contributed by atoms with van der Waals surface area (Å²) in [7, 11) is 0. The van der Waals surface area contributed by atoms with Gasteiger partial charge in [0.1, 0.15) is 17.7 Å². The summed E-state index contributed by atoms with van der Waals surface area (Å²) < 4.78 is 11.6. The highest BCUT2D eigenvalue weighted by Gasteiger charge is 2.24. The number of benzene rings is 1. The minimum atomic E-state index is 0.0140. The summed E-state index contributed by atoms with van der Waals surface area (Å²) in [5.74, 6) is 2.55. The molecule has 6 nitrogen and oxygen atoms in total. The lowest BCUT2D eigenvalue weighted by Gasteiger charge is -2.32. The van der Waals surface area contributed by atoms with Gasteiger partial charge in [-0.1, -0.05) is 26.0 Å². The molecule has 1 aromatic heterocycles. The molecule has 0 atom stereocenters. The molecule has 3 rings (SSSR count). The van der Waals surface area contributed by atoms with Crippen LogP contribution in [0.25, 0.3) is 0 Å². The molecule has 2 heterocycles. The number of hydrogen-bond acceptors (Lipinski definition) is 5. The minimum absolute atomic E-state index is 0.0140. The van der Waals surface area contributed by atoms with E-state index in [1.54, 1.807) is 0 Å². The number of rotatable bonds is 6. The van der Waals surface area contributed by atoms with Crippen LogP contribution in [0.2, 0.25) is 0 Å². The largest absolute Gasteiger partial charge is 0.484 e. The zero-order valence-electron chi connectivity index (χ0n) is 17.1. The van der Waals surface area contributed by atoms with Gasteiger partial charge < -0.3 is 14.4 Å². The Morgan fingerprint density at radius 3 is 2.43 bits per heavy atom. The maximum absolute atomic E-state index is 12.4. The Kier molecular flexibility index (Phi) is 6.49. The summed E-state index contributed by atoms with van der Waals surface area (Å²) in [6.45, 7) is 9.50. The number of hydrogen-bond donors (Lipinski definition) is 0. The molecule has 28 heavy (non-hydrogen) atoms. The quantitative estimate of drug-likeness (QED) is 0.762. The molecule has 2 aromatic rings. The van der Waals surface area contributed by atoms with Crippen molar-refractivity contribution in [2.24, 2.45) is 0 Å². The van der Waals surface area contributed by atoms with Gasteiger partial charge in [0, 0.05) is 37.7 Å². The van der Waals surface area contributed by atoms with Gasteiger partial charge in [-0.15, -0.1) is 0 Å². The number of carbonyl (C=O) groups excluding carboxylic acids is 1. The molecular weight excluding hydrogens is 354 g/mol. The minimum Gasteiger partial charge on any atom is -0.484 e. The SMILES string of the molecule is Cc1cc(OC2CCN(C(=O)COc3ccc(C(C)C)cc3)CC2)nc(C)n1. The van der Waals surface area contributed by atoms with E-state index in [0.717, 1.165) is 24.3 Å². The highest BCUT2D eigenvalue weighted by molar-refractivity contribution is 5.77. The Morgan fingerprint density at radius 2 is 1.82 bits per heavy atom. The van der Waals surface area contributed by atoms with Gasteiger partial charge in [-0.05, 0) is 37.5 Å². The van der Waals surface area contributed by atoms with Crippen LogP contribution in [0.15, 0.2) is 30.3 Å². The van der Waals surface area contributed by atoms with Crippen LogP contribution in [0.4, 0.5) is 0 Å². The number of ether oxygens (including phenoxy) is 2. The van der Waals surface area contributed by atoms with E-state index >= 15 is 0 Å². The molecule has 1 aliphatic heterocycles. The smallest absolute Gasteiger partial charge is 0.260 e. The topological polar surface area (TPSA) is 64.5 Å². The summed E-state index contributed by atoms with van der Waals surface area (Å²) in [6, 6.07) is 9.79. The lowest BCUT2D eigenvalue weighted by atomic mass is 10.0. The predicted molar refractivity (Wildman–Crippen MR) is 108 cm³/mol. The molecule has 0 unspecified atom stereocenters. The number of nitrogens with zero attached hydrogens (tertiary/aromatic N) is 3. The monoisotopic (exact) mass is 383 g/mol. The maximum atomic E-state index is 12.4. The Hall–Kier alpha value is -2.63. The Morgan fingerprint density at radius 1 is 1.14 bits per heavy atom. The van der Waals surface area contributed by atoms with Crippen LogP contribution in [0.1, 0.15) is 49.7 Å². The Bertz CT molecular complexity index is 777. The van der Waals surface area contributed by atoms with Crippen molar-refractivity contribution in [1.29, 1.82) is 0 Å². The average Bonchev–Trinajstić information content (AvgIpc) is 2.66. The van der Waals surface area contributed by atoms with E-state index in [2.05, 4.69) is 23.8 Å². The Balaban J connectivity index is 1.44. The number of piperidine rings is 1. The number of amides is 1. The molecule has 1 aromatic carbocycles. The molecule has 150 valence electrons. The third-order valence-electron chi connectivity index (χ3n) is 4.93. The first kappa shape index (κ1) is 20.1. The second kappa shape index (κ2) is 9.04. The van der Waals surface area contributed by atoms with Crippen molar-refractivity contribution in [3.8, 4) is 11.6 Å². The normalized spacial score (nSPS) is 15.0. The van der Waals surface area contributed by atoms with Crippen molar-refractivity contribution in [2.45, 2.75) is 52.6 Å². The van der Waals surface area contributed by atoms with E-state index in [9.17, 15) is 4.79 Å². The molecule has 0 spiro atoms. The van der Waals surface area contributed by atoms with Crippen LogP contribution in [-0.4, -0.2) is 46.6 Å². The number of aryl methyl sites for hydroxylation is 2. The second-order valence-corrected chi connectivity index (χ2v) is 7.61. The maximum Gasteiger partial charge on any atom is 0.260 e. The van der Waals surface area contributed by atoms with Crippen molar-refractivity contribution >= 4 is 5.91 Å². The van der Waals surface area contributed by atoms with Gasteiger partial charge in [-0.2, -0.15) is 4.98 Å². The van der Waals surface area contributed by atoms with E-state index in [4.69, 9.17) is 9.47 Å².